The van der Waals surface area contributed by atoms with Crippen LogP contribution in [0.25, 0.3) is 10.9 Å². The number of amides is 3. The lowest BCUT2D eigenvalue weighted by atomic mass is 10.0. The number of benzene rings is 3. The highest BCUT2D eigenvalue weighted by Crippen LogP contribution is 2.20. The molecule has 0 fully saturated rings. The molecule has 11 nitrogen and oxygen atoms in total. The summed E-state index contributed by atoms with van der Waals surface area (Å²) in [7, 11) is 0. The van der Waals surface area contributed by atoms with Gasteiger partial charge >= 0.3 is 5.97 Å². The topological polar surface area (TPSA) is 187 Å². The molecule has 218 valence electrons. The summed E-state index contributed by atoms with van der Waals surface area (Å²) in [5.74, 6) is -3.10. The van der Waals surface area contributed by atoms with E-state index in [9.17, 15) is 24.3 Å². The van der Waals surface area contributed by atoms with Crippen LogP contribution in [0.4, 0.5) is 0 Å². The van der Waals surface area contributed by atoms with Crippen LogP contribution in [0.1, 0.15) is 16.7 Å². The van der Waals surface area contributed by atoms with Crippen molar-refractivity contribution < 1.29 is 29.4 Å². The number of phenols is 1. The Bertz CT molecular complexity index is 1540. The molecule has 4 rings (SSSR count). The van der Waals surface area contributed by atoms with Gasteiger partial charge in [-0.15, -0.1) is 0 Å². The number of nitrogens with two attached hydrogens (primary N) is 1. The third kappa shape index (κ3) is 8.18. The minimum absolute atomic E-state index is 0.0126. The molecule has 0 aliphatic heterocycles. The number of aliphatic carboxylic acids is 1. The van der Waals surface area contributed by atoms with Crippen molar-refractivity contribution in [2.24, 2.45) is 5.73 Å². The highest BCUT2D eigenvalue weighted by atomic mass is 16.4. The highest BCUT2D eigenvalue weighted by molar-refractivity contribution is 5.94. The largest absolute Gasteiger partial charge is 0.508 e. The summed E-state index contributed by atoms with van der Waals surface area (Å²) >= 11 is 0. The molecule has 0 aliphatic carbocycles. The maximum absolute atomic E-state index is 13.7. The number of aromatic amines is 1. The van der Waals surface area contributed by atoms with Crippen LogP contribution in [-0.2, 0) is 38.4 Å². The van der Waals surface area contributed by atoms with Crippen molar-refractivity contribution in [1.82, 2.24) is 20.9 Å². The lowest BCUT2D eigenvalue weighted by Crippen LogP contribution is -2.57. The van der Waals surface area contributed by atoms with Gasteiger partial charge in [0.25, 0.3) is 0 Å². The van der Waals surface area contributed by atoms with Crippen LogP contribution >= 0.6 is 0 Å². The van der Waals surface area contributed by atoms with Gasteiger partial charge in [-0.2, -0.15) is 0 Å². The molecule has 3 amide bonds. The van der Waals surface area contributed by atoms with Crippen LogP contribution in [0.3, 0.4) is 0 Å². The molecule has 11 heteroatoms. The number of aromatic hydroxyl groups is 1. The van der Waals surface area contributed by atoms with E-state index in [1.807, 2.05) is 54.6 Å². The predicted octanol–water partition coefficient (Wildman–Crippen LogP) is 1.40. The number of hydrogen-bond donors (Lipinski definition) is 7. The first-order chi connectivity index (χ1) is 20.2. The first kappa shape index (κ1) is 29.8. The Morgan fingerprint density at radius 3 is 2.07 bits per heavy atom. The van der Waals surface area contributed by atoms with Gasteiger partial charge in [0.15, 0.2) is 0 Å². The summed E-state index contributed by atoms with van der Waals surface area (Å²) in [4.78, 5) is 54.1. The zero-order chi connectivity index (χ0) is 30.1. The maximum atomic E-state index is 13.7. The van der Waals surface area contributed by atoms with E-state index in [1.54, 1.807) is 18.3 Å². The Hall–Kier alpha value is -5.16. The Morgan fingerprint density at radius 1 is 0.738 bits per heavy atom. The molecule has 4 aromatic rings. The standard InChI is InChI=1S/C31H33N5O6/c32-24(14-19-6-2-1-3-7-19)29(40)35-27(16-21-17-33-25-9-5-4-8-23(21)25)31(42)36-26(30(41)34-18-28(38)39)15-20-10-12-22(37)13-11-20/h1-13,17,24,26-27,33,37H,14-16,18,32H2,(H,34,41)(H,35,40)(H,36,42)(H,38,39). The summed E-state index contributed by atoms with van der Waals surface area (Å²) in [5.41, 5.74) is 9.31. The maximum Gasteiger partial charge on any atom is 0.322 e. The molecule has 1 aromatic heterocycles. The van der Waals surface area contributed by atoms with Gasteiger partial charge in [-0.3, -0.25) is 19.2 Å². The SMILES string of the molecule is NC(Cc1ccccc1)C(=O)NC(Cc1c[nH]c2ccccc12)C(=O)NC(Cc1ccc(O)cc1)C(=O)NCC(=O)O. The first-order valence-electron chi connectivity index (χ1n) is 13.4. The number of para-hydroxylation sites is 1. The summed E-state index contributed by atoms with van der Waals surface area (Å²) < 4.78 is 0. The van der Waals surface area contributed by atoms with Gasteiger partial charge in [0, 0.05) is 29.9 Å². The Balaban J connectivity index is 1.56. The van der Waals surface area contributed by atoms with Gasteiger partial charge in [0.2, 0.25) is 17.7 Å². The molecule has 3 aromatic carbocycles. The normalized spacial score (nSPS) is 13.1. The first-order valence-corrected chi connectivity index (χ1v) is 13.4. The Morgan fingerprint density at radius 2 is 1.36 bits per heavy atom. The second-order valence-corrected chi connectivity index (χ2v) is 9.96. The second kappa shape index (κ2) is 14.0. The van der Waals surface area contributed by atoms with Crippen LogP contribution in [0.15, 0.2) is 85.1 Å². The molecule has 0 spiro atoms. The fourth-order valence-corrected chi connectivity index (χ4v) is 4.60. The van der Waals surface area contributed by atoms with Crippen molar-refractivity contribution in [1.29, 1.82) is 0 Å². The molecule has 8 N–H and O–H groups in total. The lowest BCUT2D eigenvalue weighted by molar-refractivity contribution is -0.138. The third-order valence-electron chi connectivity index (χ3n) is 6.79. The van der Waals surface area contributed by atoms with Crippen LogP contribution in [-0.4, -0.2) is 63.6 Å². The van der Waals surface area contributed by atoms with Crippen LogP contribution in [0.2, 0.25) is 0 Å². The predicted molar refractivity (Wildman–Crippen MR) is 156 cm³/mol. The number of aromatic nitrogens is 1. The van der Waals surface area contributed by atoms with Crippen molar-refractivity contribution in [2.75, 3.05) is 6.54 Å². The fraction of sp³-hybridized carbons (Fsp3) is 0.226. The second-order valence-electron chi connectivity index (χ2n) is 9.96. The molecule has 0 saturated carbocycles. The van der Waals surface area contributed by atoms with E-state index in [4.69, 9.17) is 10.8 Å². The Labute approximate surface area is 242 Å². The van der Waals surface area contributed by atoms with E-state index in [0.717, 1.165) is 22.0 Å². The molecule has 0 saturated heterocycles. The molecular weight excluding hydrogens is 538 g/mol. The van der Waals surface area contributed by atoms with Crippen molar-refractivity contribution in [3.63, 3.8) is 0 Å². The molecule has 1 heterocycles. The number of hydrogen-bond acceptors (Lipinski definition) is 6. The number of carboxylic acids is 1. The van der Waals surface area contributed by atoms with Gasteiger partial charge in [-0.05, 0) is 41.3 Å². The van der Waals surface area contributed by atoms with Gasteiger partial charge in [-0.1, -0.05) is 60.7 Å². The van der Waals surface area contributed by atoms with E-state index in [-0.39, 0.29) is 25.0 Å². The monoisotopic (exact) mass is 571 g/mol. The van der Waals surface area contributed by atoms with Crippen molar-refractivity contribution >= 4 is 34.6 Å². The van der Waals surface area contributed by atoms with Gasteiger partial charge in [0.1, 0.15) is 24.4 Å². The van der Waals surface area contributed by atoms with E-state index < -0.39 is 48.4 Å². The summed E-state index contributed by atoms with van der Waals surface area (Å²) in [5, 5.41) is 27.3. The number of phenolic OH excluding ortho intramolecular Hbond substituents is 1. The summed E-state index contributed by atoms with van der Waals surface area (Å²) in [6.07, 6.45) is 2.13. The molecular formula is C31H33N5O6. The quantitative estimate of drug-likeness (QED) is 0.126. The van der Waals surface area contributed by atoms with Crippen LogP contribution in [0, 0.1) is 0 Å². The smallest absolute Gasteiger partial charge is 0.322 e. The summed E-state index contributed by atoms with van der Waals surface area (Å²) in [6.45, 7) is -0.634. The zero-order valence-electron chi connectivity index (χ0n) is 22.7. The summed E-state index contributed by atoms with van der Waals surface area (Å²) in [6, 6.07) is 19.6. The van der Waals surface area contributed by atoms with E-state index in [0.29, 0.717) is 5.56 Å². The van der Waals surface area contributed by atoms with Crippen molar-refractivity contribution in [2.45, 2.75) is 37.4 Å². The molecule has 0 bridgehead atoms. The number of carbonyl (C=O) groups excluding carboxylic acids is 3. The number of rotatable bonds is 13. The van der Waals surface area contributed by atoms with Crippen molar-refractivity contribution in [3.8, 4) is 5.75 Å². The van der Waals surface area contributed by atoms with E-state index >= 15 is 0 Å². The molecule has 0 radical (unpaired) electrons. The number of carboxylic acid groups (broad SMARTS) is 1. The average Bonchev–Trinajstić information content (AvgIpc) is 3.39. The molecule has 42 heavy (non-hydrogen) atoms. The van der Waals surface area contributed by atoms with E-state index in [1.165, 1.54) is 12.1 Å². The van der Waals surface area contributed by atoms with Crippen molar-refractivity contribution in [3.05, 3.63) is 102 Å². The Kier molecular flexibility index (Phi) is 9.90. The molecule has 0 aliphatic rings. The number of H-pyrrole nitrogens is 1. The minimum atomic E-state index is -1.24. The zero-order valence-corrected chi connectivity index (χ0v) is 22.7. The minimum Gasteiger partial charge on any atom is -0.508 e. The highest BCUT2D eigenvalue weighted by Gasteiger charge is 2.29. The molecule has 3 atom stereocenters. The average molecular weight is 572 g/mol. The van der Waals surface area contributed by atoms with Gasteiger partial charge < -0.3 is 36.9 Å². The third-order valence-corrected chi connectivity index (χ3v) is 6.79. The number of carbonyl (C=O) groups is 4. The fourth-order valence-electron chi connectivity index (χ4n) is 4.60. The van der Waals surface area contributed by atoms with Gasteiger partial charge in [0.05, 0.1) is 6.04 Å². The lowest BCUT2D eigenvalue weighted by Gasteiger charge is -2.24. The van der Waals surface area contributed by atoms with E-state index in [2.05, 4.69) is 20.9 Å². The number of fused-ring (bicyclic) bond motifs is 1. The molecule has 3 unspecified atom stereocenters. The van der Waals surface area contributed by atoms with Crippen LogP contribution in [0.5, 0.6) is 5.75 Å². The van der Waals surface area contributed by atoms with Gasteiger partial charge in [-0.25, -0.2) is 0 Å². The number of nitrogens with one attached hydrogen (secondary N) is 4. The van der Waals surface area contributed by atoms with Crippen LogP contribution < -0.4 is 21.7 Å².